The molecule has 9 heteroatoms. The molecule has 0 spiro atoms. The van der Waals surface area contributed by atoms with E-state index in [2.05, 4.69) is 10.4 Å². The van der Waals surface area contributed by atoms with Gasteiger partial charge in [-0.25, -0.2) is 4.39 Å². The highest BCUT2D eigenvalue weighted by Crippen LogP contribution is 2.25. The molecule has 0 unspecified atom stereocenters. The normalized spacial score (nSPS) is 10.8. The molecular weight excluding hydrogens is 396 g/mol. The number of carbonyl (C=O) groups is 1. The number of benzene rings is 1. The van der Waals surface area contributed by atoms with E-state index in [9.17, 15) is 9.18 Å². The summed E-state index contributed by atoms with van der Waals surface area (Å²) in [6.45, 7) is 1.18. The smallest absolute Gasteiger partial charge is 0.286 e. The molecule has 1 aromatic carbocycles. The van der Waals surface area contributed by atoms with Gasteiger partial charge in [0.2, 0.25) is 0 Å². The van der Waals surface area contributed by atoms with Crippen molar-refractivity contribution in [3.63, 3.8) is 0 Å². The number of amides is 1. The first-order chi connectivity index (χ1) is 13.0. The maximum atomic E-state index is 13.0. The van der Waals surface area contributed by atoms with Crippen molar-refractivity contribution in [1.29, 1.82) is 0 Å². The summed E-state index contributed by atoms with van der Waals surface area (Å²) in [4.78, 5) is 12.1. The molecule has 1 amide bonds. The van der Waals surface area contributed by atoms with Crippen LogP contribution in [0.15, 0.2) is 47.1 Å². The summed E-state index contributed by atoms with van der Waals surface area (Å²) in [6.07, 6.45) is 3.98. The number of ether oxygens (including phenoxy) is 1. The van der Waals surface area contributed by atoms with E-state index < -0.39 is 5.82 Å². The molecule has 3 aromatic rings. The summed E-state index contributed by atoms with van der Waals surface area (Å²) in [5, 5.41) is 7.57. The van der Waals surface area contributed by atoms with Crippen LogP contribution in [0.3, 0.4) is 0 Å². The van der Waals surface area contributed by atoms with Crippen LogP contribution in [0, 0.1) is 5.82 Å². The zero-order valence-corrected chi connectivity index (χ0v) is 15.6. The number of rotatable bonds is 8. The maximum Gasteiger partial charge on any atom is 0.286 e. The van der Waals surface area contributed by atoms with E-state index in [0.717, 1.165) is 6.07 Å². The standard InChI is InChI=1S/C18H16Cl2FN3O3/c19-12-9-23-24(10-12)7-1-6-22-18(25)17-5-3-14(27-17)11-26-16-4-2-13(21)8-15(16)20/h2-5,8-10H,1,6-7,11H2,(H,22,25). The SMILES string of the molecule is O=C(NCCCn1cc(Cl)cn1)c1ccc(COc2ccc(F)cc2Cl)o1. The zero-order chi connectivity index (χ0) is 19.2. The van der Waals surface area contributed by atoms with Gasteiger partial charge in [-0.2, -0.15) is 5.10 Å². The highest BCUT2D eigenvalue weighted by Gasteiger charge is 2.12. The van der Waals surface area contributed by atoms with Crippen molar-refractivity contribution in [1.82, 2.24) is 15.1 Å². The zero-order valence-electron chi connectivity index (χ0n) is 14.1. The van der Waals surface area contributed by atoms with Gasteiger partial charge in [-0.05, 0) is 36.8 Å². The molecular formula is C18H16Cl2FN3O3. The Morgan fingerprint density at radius 1 is 1.30 bits per heavy atom. The van der Waals surface area contributed by atoms with Crippen LogP contribution in [0.1, 0.15) is 22.7 Å². The third-order valence-electron chi connectivity index (χ3n) is 3.60. The van der Waals surface area contributed by atoms with Crippen molar-refractivity contribution in [2.45, 2.75) is 19.6 Å². The van der Waals surface area contributed by atoms with Crippen LogP contribution < -0.4 is 10.1 Å². The van der Waals surface area contributed by atoms with Gasteiger partial charge < -0.3 is 14.5 Å². The summed E-state index contributed by atoms with van der Waals surface area (Å²) in [6, 6.07) is 7.04. The van der Waals surface area contributed by atoms with Crippen LogP contribution in [-0.4, -0.2) is 22.2 Å². The number of halogens is 3. The molecule has 3 rings (SSSR count). The molecule has 1 N–H and O–H groups in total. The third-order valence-corrected chi connectivity index (χ3v) is 4.09. The Kier molecular flexibility index (Phi) is 6.36. The molecule has 142 valence electrons. The monoisotopic (exact) mass is 411 g/mol. The Morgan fingerprint density at radius 2 is 2.15 bits per heavy atom. The summed E-state index contributed by atoms with van der Waals surface area (Å²) in [7, 11) is 0. The molecule has 6 nitrogen and oxygen atoms in total. The summed E-state index contributed by atoms with van der Waals surface area (Å²) < 4.78 is 25.7. The maximum absolute atomic E-state index is 13.0. The lowest BCUT2D eigenvalue weighted by molar-refractivity contribution is 0.0920. The largest absolute Gasteiger partial charge is 0.484 e. The van der Waals surface area contributed by atoms with Gasteiger partial charge in [0.05, 0.1) is 16.2 Å². The van der Waals surface area contributed by atoms with Gasteiger partial charge in [0, 0.05) is 19.3 Å². The van der Waals surface area contributed by atoms with Gasteiger partial charge in [0.15, 0.2) is 5.76 Å². The molecule has 0 aliphatic heterocycles. The van der Waals surface area contributed by atoms with Crippen molar-refractivity contribution in [3.05, 3.63) is 70.1 Å². The van der Waals surface area contributed by atoms with E-state index in [4.69, 9.17) is 32.4 Å². The van der Waals surface area contributed by atoms with Crippen molar-refractivity contribution in [2.75, 3.05) is 6.54 Å². The van der Waals surface area contributed by atoms with Crippen molar-refractivity contribution >= 4 is 29.1 Å². The number of aromatic nitrogens is 2. The molecule has 0 saturated heterocycles. The summed E-state index contributed by atoms with van der Waals surface area (Å²) in [5.74, 6) is 0.200. The Hall–Kier alpha value is -2.51. The van der Waals surface area contributed by atoms with Gasteiger partial charge in [0.1, 0.15) is 23.9 Å². The number of hydrogen-bond donors (Lipinski definition) is 1. The molecule has 0 radical (unpaired) electrons. The van der Waals surface area contributed by atoms with Crippen LogP contribution in [0.25, 0.3) is 0 Å². The van der Waals surface area contributed by atoms with Gasteiger partial charge >= 0.3 is 0 Å². The topological polar surface area (TPSA) is 69.3 Å². The predicted molar refractivity (Wildman–Crippen MR) is 98.6 cm³/mol. The first-order valence-corrected chi connectivity index (χ1v) is 8.89. The molecule has 0 bridgehead atoms. The minimum atomic E-state index is -0.444. The first kappa shape index (κ1) is 19.3. The lowest BCUT2D eigenvalue weighted by Gasteiger charge is -2.06. The lowest BCUT2D eigenvalue weighted by atomic mass is 10.3. The van der Waals surface area contributed by atoms with Gasteiger partial charge in [-0.1, -0.05) is 23.2 Å². The van der Waals surface area contributed by atoms with Gasteiger partial charge in [-0.15, -0.1) is 0 Å². The number of aryl methyl sites for hydroxylation is 1. The average Bonchev–Trinajstić information content (AvgIpc) is 3.27. The first-order valence-electron chi connectivity index (χ1n) is 8.14. The molecule has 2 aromatic heterocycles. The Morgan fingerprint density at radius 3 is 2.89 bits per heavy atom. The van der Waals surface area contributed by atoms with E-state index in [-0.39, 0.29) is 23.3 Å². The average molecular weight is 412 g/mol. The number of nitrogens with zero attached hydrogens (tertiary/aromatic N) is 2. The Labute approximate surface area is 164 Å². The van der Waals surface area contributed by atoms with Crippen LogP contribution in [0.5, 0.6) is 5.75 Å². The fourth-order valence-electron chi connectivity index (χ4n) is 2.31. The van der Waals surface area contributed by atoms with Crippen LogP contribution in [0.4, 0.5) is 4.39 Å². The van der Waals surface area contributed by atoms with Gasteiger partial charge in [-0.3, -0.25) is 9.48 Å². The Balaban J connectivity index is 1.44. The highest BCUT2D eigenvalue weighted by atomic mass is 35.5. The van der Waals surface area contributed by atoms with Gasteiger partial charge in [0.25, 0.3) is 5.91 Å². The van der Waals surface area contributed by atoms with E-state index >= 15 is 0 Å². The highest BCUT2D eigenvalue weighted by molar-refractivity contribution is 6.32. The van der Waals surface area contributed by atoms with E-state index in [1.54, 1.807) is 29.2 Å². The molecule has 0 fully saturated rings. The Bertz CT molecular complexity index is 926. The van der Waals surface area contributed by atoms with E-state index in [1.807, 2.05) is 0 Å². The van der Waals surface area contributed by atoms with Crippen molar-refractivity contribution in [2.24, 2.45) is 0 Å². The number of nitrogens with one attached hydrogen (secondary N) is 1. The fraction of sp³-hybridized carbons (Fsp3) is 0.222. The number of carbonyl (C=O) groups excluding carboxylic acids is 1. The lowest BCUT2D eigenvalue weighted by Crippen LogP contribution is -2.24. The second kappa shape index (κ2) is 8.92. The van der Waals surface area contributed by atoms with Crippen molar-refractivity contribution < 1.29 is 18.3 Å². The number of hydrogen-bond acceptors (Lipinski definition) is 4. The van der Waals surface area contributed by atoms with Crippen LogP contribution >= 0.6 is 23.2 Å². The predicted octanol–water partition coefficient (Wildman–Crippen LogP) is 4.32. The second-order valence-electron chi connectivity index (χ2n) is 5.66. The third kappa shape index (κ3) is 5.48. The van der Waals surface area contributed by atoms with Crippen LogP contribution in [0.2, 0.25) is 10.0 Å². The fourth-order valence-corrected chi connectivity index (χ4v) is 2.69. The van der Waals surface area contributed by atoms with Crippen molar-refractivity contribution in [3.8, 4) is 5.75 Å². The van der Waals surface area contributed by atoms with E-state index in [0.29, 0.717) is 36.0 Å². The molecule has 0 saturated carbocycles. The minimum absolute atomic E-state index is 0.0681. The molecule has 0 atom stereocenters. The molecule has 0 aliphatic rings. The quantitative estimate of drug-likeness (QED) is 0.560. The summed E-state index contributed by atoms with van der Waals surface area (Å²) in [5.41, 5.74) is 0. The molecule has 27 heavy (non-hydrogen) atoms. The number of furan rings is 1. The van der Waals surface area contributed by atoms with Crippen LogP contribution in [-0.2, 0) is 13.2 Å². The molecule has 0 aliphatic carbocycles. The van der Waals surface area contributed by atoms with E-state index in [1.165, 1.54) is 12.1 Å². The summed E-state index contributed by atoms with van der Waals surface area (Å²) >= 11 is 11.7. The molecule has 2 heterocycles. The second-order valence-corrected chi connectivity index (χ2v) is 6.50. The minimum Gasteiger partial charge on any atom is -0.484 e.